The Bertz CT molecular complexity index is 649. The Morgan fingerprint density at radius 2 is 1.86 bits per heavy atom. The number of benzene rings is 1. The standard InChI is InChI=1S/C16H16F3NS/c1-2-20-16(9-3-4-9)15-6-5-14(21-15)10-7-12(18)13(19)8-11(10)17/h5-9,16,20H,2-4H2,1H3. The highest BCUT2D eigenvalue weighted by Gasteiger charge is 2.32. The lowest BCUT2D eigenvalue weighted by Gasteiger charge is -2.15. The van der Waals surface area contributed by atoms with Gasteiger partial charge in [-0.25, -0.2) is 13.2 Å². The van der Waals surface area contributed by atoms with Gasteiger partial charge in [0.2, 0.25) is 0 Å². The molecule has 0 spiro atoms. The highest BCUT2D eigenvalue weighted by Crippen LogP contribution is 2.44. The molecular weight excluding hydrogens is 295 g/mol. The Balaban J connectivity index is 1.92. The smallest absolute Gasteiger partial charge is 0.161 e. The van der Waals surface area contributed by atoms with E-state index in [1.807, 2.05) is 6.07 Å². The van der Waals surface area contributed by atoms with Gasteiger partial charge in [-0.1, -0.05) is 6.92 Å². The maximum Gasteiger partial charge on any atom is 0.161 e. The molecule has 3 rings (SSSR count). The number of thiophene rings is 1. The SMILES string of the molecule is CCNC(c1ccc(-c2cc(F)c(F)cc2F)s1)C1CC1. The maximum absolute atomic E-state index is 13.8. The van der Waals surface area contributed by atoms with Crippen LogP contribution in [0.3, 0.4) is 0 Å². The van der Waals surface area contributed by atoms with Crippen LogP contribution < -0.4 is 5.32 Å². The molecule has 1 heterocycles. The Hall–Kier alpha value is -1.33. The van der Waals surface area contributed by atoms with Crippen molar-refractivity contribution >= 4 is 11.3 Å². The second-order valence-electron chi connectivity index (χ2n) is 5.32. The number of hydrogen-bond donors (Lipinski definition) is 1. The minimum atomic E-state index is -1.16. The lowest BCUT2D eigenvalue weighted by Crippen LogP contribution is -2.21. The lowest BCUT2D eigenvalue weighted by molar-refractivity contribution is 0.496. The average molecular weight is 311 g/mol. The van der Waals surface area contributed by atoms with Crippen LogP contribution in [0.25, 0.3) is 10.4 Å². The fraction of sp³-hybridized carbons (Fsp3) is 0.375. The summed E-state index contributed by atoms with van der Waals surface area (Å²) in [6.07, 6.45) is 2.40. The molecular formula is C16H16F3NS. The van der Waals surface area contributed by atoms with Crippen molar-refractivity contribution in [3.63, 3.8) is 0 Å². The van der Waals surface area contributed by atoms with Gasteiger partial charge in [0, 0.05) is 27.4 Å². The predicted octanol–water partition coefficient (Wildman–Crippen LogP) is 4.89. The second-order valence-corrected chi connectivity index (χ2v) is 6.44. The fourth-order valence-electron chi connectivity index (χ4n) is 2.53. The maximum atomic E-state index is 13.8. The molecule has 1 aromatic carbocycles. The largest absolute Gasteiger partial charge is 0.309 e. The average Bonchev–Trinajstić information content (AvgIpc) is 3.17. The van der Waals surface area contributed by atoms with E-state index in [1.165, 1.54) is 24.2 Å². The molecule has 5 heteroatoms. The van der Waals surface area contributed by atoms with E-state index in [4.69, 9.17) is 0 Å². The normalized spacial score (nSPS) is 16.2. The van der Waals surface area contributed by atoms with Crippen LogP contribution in [-0.4, -0.2) is 6.54 Å². The Morgan fingerprint density at radius 1 is 1.14 bits per heavy atom. The Labute approximate surface area is 125 Å². The highest BCUT2D eigenvalue weighted by atomic mass is 32.1. The highest BCUT2D eigenvalue weighted by molar-refractivity contribution is 7.15. The van der Waals surface area contributed by atoms with Crippen LogP contribution >= 0.6 is 11.3 Å². The third-order valence-corrected chi connectivity index (χ3v) is 4.93. The van der Waals surface area contributed by atoms with Gasteiger partial charge in [0.15, 0.2) is 11.6 Å². The second kappa shape index (κ2) is 5.81. The minimum Gasteiger partial charge on any atom is -0.309 e. The number of halogens is 3. The van der Waals surface area contributed by atoms with Gasteiger partial charge in [0.25, 0.3) is 0 Å². The van der Waals surface area contributed by atoms with E-state index < -0.39 is 17.5 Å². The molecule has 1 aliphatic carbocycles. The summed E-state index contributed by atoms with van der Waals surface area (Å²) in [5.74, 6) is -2.27. The van der Waals surface area contributed by atoms with Crippen LogP contribution in [0.5, 0.6) is 0 Å². The molecule has 1 unspecified atom stereocenters. The van der Waals surface area contributed by atoms with Crippen molar-refractivity contribution in [1.29, 1.82) is 0 Å². The van der Waals surface area contributed by atoms with Crippen LogP contribution in [0.2, 0.25) is 0 Å². The van der Waals surface area contributed by atoms with Gasteiger partial charge in [-0.05, 0) is 43.5 Å². The van der Waals surface area contributed by atoms with E-state index in [9.17, 15) is 13.2 Å². The van der Waals surface area contributed by atoms with Crippen molar-refractivity contribution in [3.05, 3.63) is 46.6 Å². The van der Waals surface area contributed by atoms with Crippen LogP contribution in [0, 0.1) is 23.4 Å². The minimum absolute atomic E-state index is 0.121. The molecule has 0 saturated heterocycles. The van der Waals surface area contributed by atoms with Crippen molar-refractivity contribution in [2.24, 2.45) is 5.92 Å². The number of nitrogens with one attached hydrogen (secondary N) is 1. The molecule has 1 saturated carbocycles. The summed E-state index contributed by atoms with van der Waals surface area (Å²) < 4.78 is 40.2. The van der Waals surface area contributed by atoms with E-state index in [0.717, 1.165) is 17.5 Å². The van der Waals surface area contributed by atoms with Crippen LogP contribution in [-0.2, 0) is 0 Å². The third kappa shape index (κ3) is 2.99. The topological polar surface area (TPSA) is 12.0 Å². The molecule has 21 heavy (non-hydrogen) atoms. The van der Waals surface area contributed by atoms with Gasteiger partial charge in [0.1, 0.15) is 5.82 Å². The van der Waals surface area contributed by atoms with Crippen LogP contribution in [0.15, 0.2) is 24.3 Å². The first-order chi connectivity index (χ1) is 10.1. The summed E-state index contributed by atoms with van der Waals surface area (Å²) in [4.78, 5) is 1.75. The van der Waals surface area contributed by atoms with E-state index in [2.05, 4.69) is 12.2 Å². The van der Waals surface area contributed by atoms with Crippen molar-refractivity contribution in [2.75, 3.05) is 6.54 Å². The molecule has 1 aliphatic rings. The first-order valence-corrected chi connectivity index (χ1v) is 7.89. The third-order valence-electron chi connectivity index (χ3n) is 3.73. The van der Waals surface area contributed by atoms with Crippen molar-refractivity contribution < 1.29 is 13.2 Å². The summed E-state index contributed by atoms with van der Waals surface area (Å²) in [6.45, 7) is 2.92. The molecule has 2 aromatic rings. The summed E-state index contributed by atoms with van der Waals surface area (Å²) in [5.41, 5.74) is 0.121. The van der Waals surface area contributed by atoms with Gasteiger partial charge in [-0.3, -0.25) is 0 Å². The summed E-state index contributed by atoms with van der Waals surface area (Å²) in [6, 6.07) is 5.54. The number of hydrogen-bond acceptors (Lipinski definition) is 2. The number of rotatable bonds is 5. The summed E-state index contributed by atoms with van der Waals surface area (Å²) >= 11 is 1.44. The summed E-state index contributed by atoms with van der Waals surface area (Å²) in [5, 5.41) is 3.44. The molecule has 1 N–H and O–H groups in total. The lowest BCUT2D eigenvalue weighted by atomic mass is 10.1. The first-order valence-electron chi connectivity index (χ1n) is 7.08. The van der Waals surface area contributed by atoms with Crippen LogP contribution in [0.1, 0.15) is 30.7 Å². The molecule has 0 amide bonds. The monoisotopic (exact) mass is 311 g/mol. The zero-order valence-electron chi connectivity index (χ0n) is 11.6. The fourth-order valence-corrected chi connectivity index (χ4v) is 3.72. The molecule has 0 aliphatic heterocycles. The Morgan fingerprint density at radius 3 is 2.52 bits per heavy atom. The molecule has 1 atom stereocenters. The Kier molecular flexibility index (Phi) is 4.04. The van der Waals surface area contributed by atoms with Gasteiger partial charge in [-0.2, -0.15) is 0 Å². The van der Waals surface area contributed by atoms with Gasteiger partial charge >= 0.3 is 0 Å². The van der Waals surface area contributed by atoms with Crippen molar-refractivity contribution in [3.8, 4) is 10.4 Å². The predicted molar refractivity (Wildman–Crippen MR) is 78.8 cm³/mol. The van der Waals surface area contributed by atoms with Gasteiger partial charge in [-0.15, -0.1) is 11.3 Å². The zero-order chi connectivity index (χ0) is 15.0. The molecule has 112 valence electrons. The van der Waals surface area contributed by atoms with E-state index in [1.54, 1.807) is 6.07 Å². The quantitative estimate of drug-likeness (QED) is 0.775. The van der Waals surface area contributed by atoms with Gasteiger partial charge < -0.3 is 5.32 Å². The molecule has 0 bridgehead atoms. The van der Waals surface area contributed by atoms with E-state index in [0.29, 0.717) is 16.9 Å². The zero-order valence-corrected chi connectivity index (χ0v) is 12.4. The molecule has 0 radical (unpaired) electrons. The van der Waals surface area contributed by atoms with Crippen molar-refractivity contribution in [2.45, 2.75) is 25.8 Å². The molecule has 1 nitrogen and oxygen atoms in total. The first kappa shape index (κ1) is 14.6. The van der Waals surface area contributed by atoms with Crippen LogP contribution in [0.4, 0.5) is 13.2 Å². The molecule has 1 aromatic heterocycles. The van der Waals surface area contributed by atoms with E-state index in [-0.39, 0.29) is 11.6 Å². The van der Waals surface area contributed by atoms with Gasteiger partial charge in [0.05, 0.1) is 0 Å². The van der Waals surface area contributed by atoms with E-state index >= 15 is 0 Å². The summed E-state index contributed by atoms with van der Waals surface area (Å²) in [7, 11) is 0. The molecule has 1 fully saturated rings. The van der Waals surface area contributed by atoms with Crippen molar-refractivity contribution in [1.82, 2.24) is 5.32 Å².